The van der Waals surface area contributed by atoms with Gasteiger partial charge in [0.2, 0.25) is 5.82 Å². The summed E-state index contributed by atoms with van der Waals surface area (Å²) in [5, 5.41) is 0. The van der Waals surface area contributed by atoms with Gasteiger partial charge in [-0.15, -0.1) is 0 Å². The fourth-order valence-corrected chi connectivity index (χ4v) is 4.28. The van der Waals surface area contributed by atoms with Crippen molar-refractivity contribution >= 4 is 11.7 Å². The number of piperidine rings is 1. The maximum Gasteiger partial charge on any atom is 0.291 e. The van der Waals surface area contributed by atoms with Crippen LogP contribution in [0.5, 0.6) is 0 Å². The third-order valence-corrected chi connectivity index (χ3v) is 6.13. The molecule has 2 aromatic heterocycles. The molecular formula is C20H29N7O. The van der Waals surface area contributed by atoms with Gasteiger partial charge in [-0.2, -0.15) is 0 Å². The van der Waals surface area contributed by atoms with Crippen LogP contribution in [0.3, 0.4) is 0 Å². The first-order valence-electron chi connectivity index (χ1n) is 10.0. The molecule has 2 aromatic rings. The minimum Gasteiger partial charge on any atom is -0.355 e. The van der Waals surface area contributed by atoms with Crippen molar-refractivity contribution in [3.63, 3.8) is 0 Å². The summed E-state index contributed by atoms with van der Waals surface area (Å²) < 4.78 is 2.07. The van der Waals surface area contributed by atoms with E-state index >= 15 is 0 Å². The highest BCUT2D eigenvalue weighted by Gasteiger charge is 2.29. The highest BCUT2D eigenvalue weighted by atomic mass is 16.2. The molecule has 2 aliphatic rings. The van der Waals surface area contributed by atoms with E-state index in [1.807, 2.05) is 38.3 Å². The van der Waals surface area contributed by atoms with Crippen LogP contribution in [0.4, 0.5) is 5.82 Å². The van der Waals surface area contributed by atoms with E-state index < -0.39 is 0 Å². The molecule has 4 heterocycles. The number of amides is 1. The van der Waals surface area contributed by atoms with Crippen molar-refractivity contribution in [2.75, 3.05) is 31.1 Å². The van der Waals surface area contributed by atoms with Gasteiger partial charge in [0.25, 0.3) is 5.91 Å². The van der Waals surface area contributed by atoms with Gasteiger partial charge < -0.3 is 20.1 Å². The van der Waals surface area contributed by atoms with Crippen LogP contribution >= 0.6 is 0 Å². The van der Waals surface area contributed by atoms with Crippen LogP contribution in [-0.2, 0) is 7.05 Å². The van der Waals surface area contributed by atoms with Gasteiger partial charge in [-0.1, -0.05) is 0 Å². The Bertz CT molecular complexity index is 869. The van der Waals surface area contributed by atoms with E-state index in [-0.39, 0.29) is 11.9 Å². The summed E-state index contributed by atoms with van der Waals surface area (Å²) >= 11 is 0. The molecule has 1 amide bonds. The first kappa shape index (κ1) is 18.9. The predicted molar refractivity (Wildman–Crippen MR) is 107 cm³/mol. The Morgan fingerprint density at radius 1 is 1.14 bits per heavy atom. The fourth-order valence-electron chi connectivity index (χ4n) is 4.28. The molecule has 2 fully saturated rings. The molecule has 28 heavy (non-hydrogen) atoms. The lowest BCUT2D eigenvalue weighted by Gasteiger charge is -2.32. The van der Waals surface area contributed by atoms with Crippen molar-refractivity contribution in [3.05, 3.63) is 35.3 Å². The minimum atomic E-state index is -0.0729. The maximum atomic E-state index is 13.1. The monoisotopic (exact) mass is 383 g/mol. The number of carbonyl (C=O) groups is 1. The summed E-state index contributed by atoms with van der Waals surface area (Å²) in [6.45, 7) is 7.05. The van der Waals surface area contributed by atoms with Crippen LogP contribution in [0.15, 0.2) is 12.5 Å². The van der Waals surface area contributed by atoms with Gasteiger partial charge in [-0.25, -0.2) is 15.0 Å². The Morgan fingerprint density at radius 3 is 2.50 bits per heavy atom. The van der Waals surface area contributed by atoms with Gasteiger partial charge in [0, 0.05) is 68.3 Å². The Balaban J connectivity index is 1.49. The molecule has 0 radical (unpaired) electrons. The summed E-state index contributed by atoms with van der Waals surface area (Å²) in [4.78, 5) is 30.5. The molecule has 4 rings (SSSR count). The SMILES string of the molecule is Cc1nc(C(=O)N2CCC(c3cncn3C)CC2)nc(N2CC[C@@H](N)C2)c1C. The van der Waals surface area contributed by atoms with E-state index in [9.17, 15) is 4.79 Å². The summed E-state index contributed by atoms with van der Waals surface area (Å²) in [7, 11) is 2.02. The van der Waals surface area contributed by atoms with Crippen LogP contribution in [0, 0.1) is 13.8 Å². The second kappa shape index (κ2) is 7.50. The number of imidazole rings is 1. The predicted octanol–water partition coefficient (Wildman–Crippen LogP) is 1.38. The third-order valence-electron chi connectivity index (χ3n) is 6.13. The van der Waals surface area contributed by atoms with Crippen molar-refractivity contribution in [1.29, 1.82) is 0 Å². The zero-order valence-electron chi connectivity index (χ0n) is 16.9. The molecule has 0 aromatic carbocycles. The number of hydrogen-bond donors (Lipinski definition) is 1. The van der Waals surface area contributed by atoms with Crippen molar-refractivity contribution in [2.24, 2.45) is 12.8 Å². The molecule has 0 spiro atoms. The average Bonchev–Trinajstić information content (AvgIpc) is 3.31. The molecular weight excluding hydrogens is 354 g/mol. The molecule has 0 bridgehead atoms. The van der Waals surface area contributed by atoms with Crippen molar-refractivity contribution < 1.29 is 4.79 Å². The van der Waals surface area contributed by atoms with Gasteiger partial charge in [0.1, 0.15) is 5.82 Å². The Hall–Kier alpha value is -2.48. The third kappa shape index (κ3) is 3.48. The lowest BCUT2D eigenvalue weighted by molar-refractivity contribution is 0.0699. The van der Waals surface area contributed by atoms with Gasteiger partial charge in [0.15, 0.2) is 0 Å². The zero-order valence-corrected chi connectivity index (χ0v) is 16.9. The molecule has 2 N–H and O–H groups in total. The quantitative estimate of drug-likeness (QED) is 0.861. The lowest BCUT2D eigenvalue weighted by Crippen LogP contribution is -2.39. The number of hydrogen-bond acceptors (Lipinski definition) is 6. The Labute approximate surface area is 165 Å². The number of nitrogens with zero attached hydrogens (tertiary/aromatic N) is 6. The Kier molecular flexibility index (Phi) is 5.05. The highest BCUT2D eigenvalue weighted by molar-refractivity contribution is 5.91. The van der Waals surface area contributed by atoms with Crippen molar-refractivity contribution in [2.45, 2.75) is 45.1 Å². The number of carbonyl (C=O) groups excluding carboxylic acids is 1. The number of aryl methyl sites for hydroxylation is 2. The second-order valence-electron chi connectivity index (χ2n) is 8.07. The topological polar surface area (TPSA) is 93.2 Å². The summed E-state index contributed by atoms with van der Waals surface area (Å²) in [5.74, 6) is 1.53. The summed E-state index contributed by atoms with van der Waals surface area (Å²) in [5.41, 5.74) is 9.19. The summed E-state index contributed by atoms with van der Waals surface area (Å²) in [6.07, 6.45) is 6.59. The van der Waals surface area contributed by atoms with Crippen molar-refractivity contribution in [3.8, 4) is 0 Å². The van der Waals surface area contributed by atoms with Crippen LogP contribution in [-0.4, -0.2) is 62.5 Å². The number of nitrogens with two attached hydrogens (primary N) is 1. The molecule has 1 atom stereocenters. The van der Waals surface area contributed by atoms with E-state index in [4.69, 9.17) is 5.73 Å². The normalized spacial score (nSPS) is 20.8. The van der Waals surface area contributed by atoms with Gasteiger partial charge >= 0.3 is 0 Å². The van der Waals surface area contributed by atoms with Crippen molar-refractivity contribution in [1.82, 2.24) is 24.4 Å². The zero-order chi connectivity index (χ0) is 19.8. The maximum absolute atomic E-state index is 13.1. The second-order valence-corrected chi connectivity index (χ2v) is 8.07. The molecule has 0 aliphatic carbocycles. The van der Waals surface area contributed by atoms with Gasteiger partial charge in [-0.3, -0.25) is 4.79 Å². The Morgan fingerprint density at radius 2 is 1.89 bits per heavy atom. The molecule has 8 heteroatoms. The molecule has 150 valence electrons. The van der Waals surface area contributed by atoms with Crippen LogP contribution < -0.4 is 10.6 Å². The molecule has 8 nitrogen and oxygen atoms in total. The summed E-state index contributed by atoms with van der Waals surface area (Å²) in [6, 6.07) is 0.167. The molecule has 0 unspecified atom stereocenters. The minimum absolute atomic E-state index is 0.0729. The molecule has 0 saturated carbocycles. The number of anilines is 1. The standard InChI is InChI=1S/C20H29N7O/c1-13-14(2)23-18(24-19(13)27-9-6-16(21)11-27)20(28)26-7-4-15(5-8-26)17-10-22-12-25(17)3/h10,12,15-16H,4-9,11,21H2,1-3H3/t16-/m1/s1. The highest BCUT2D eigenvalue weighted by Crippen LogP contribution is 2.29. The lowest BCUT2D eigenvalue weighted by atomic mass is 9.93. The molecule has 2 saturated heterocycles. The fraction of sp³-hybridized carbons (Fsp3) is 0.600. The van der Waals surface area contributed by atoms with E-state index in [1.54, 1.807) is 0 Å². The van der Waals surface area contributed by atoms with Gasteiger partial charge in [0.05, 0.1) is 6.33 Å². The van der Waals surface area contributed by atoms with E-state index in [0.717, 1.165) is 62.5 Å². The largest absolute Gasteiger partial charge is 0.355 e. The van der Waals surface area contributed by atoms with E-state index in [2.05, 4.69) is 24.4 Å². The number of rotatable bonds is 3. The molecule has 2 aliphatic heterocycles. The first-order chi connectivity index (χ1) is 13.4. The first-order valence-corrected chi connectivity index (χ1v) is 10.0. The van der Waals surface area contributed by atoms with Crippen LogP contribution in [0.2, 0.25) is 0 Å². The van der Waals surface area contributed by atoms with Crippen LogP contribution in [0.1, 0.15) is 52.8 Å². The van der Waals surface area contributed by atoms with E-state index in [1.165, 1.54) is 5.69 Å². The van der Waals surface area contributed by atoms with Crippen LogP contribution in [0.25, 0.3) is 0 Å². The van der Waals surface area contributed by atoms with E-state index in [0.29, 0.717) is 11.7 Å². The number of aromatic nitrogens is 4. The smallest absolute Gasteiger partial charge is 0.291 e. The van der Waals surface area contributed by atoms with Gasteiger partial charge in [-0.05, 0) is 33.1 Å². The average molecular weight is 384 g/mol. The number of likely N-dealkylation sites (tertiary alicyclic amines) is 1.